The second-order valence-corrected chi connectivity index (χ2v) is 5.16. The summed E-state index contributed by atoms with van der Waals surface area (Å²) in [6.07, 6.45) is 2.51. The van der Waals surface area contributed by atoms with Crippen LogP contribution in [0.15, 0.2) is 18.2 Å². The molecule has 1 aliphatic heterocycles. The van der Waals surface area contributed by atoms with E-state index in [0.717, 1.165) is 6.54 Å². The summed E-state index contributed by atoms with van der Waals surface area (Å²) < 4.78 is 13.4. The maximum atomic E-state index is 13.4. The van der Waals surface area contributed by atoms with Crippen molar-refractivity contribution >= 4 is 23.1 Å². The van der Waals surface area contributed by atoms with Crippen molar-refractivity contribution in [3.63, 3.8) is 0 Å². The molecule has 4 heteroatoms. The van der Waals surface area contributed by atoms with Crippen LogP contribution in [-0.4, -0.2) is 17.5 Å². The molecule has 1 fully saturated rings. The minimum Gasteiger partial charge on any atom is -0.399 e. The summed E-state index contributed by atoms with van der Waals surface area (Å²) in [5.41, 5.74) is 6.49. The summed E-state index contributed by atoms with van der Waals surface area (Å²) in [5.74, 6) is 0.967. The van der Waals surface area contributed by atoms with E-state index in [1.807, 2.05) is 11.8 Å². The van der Waals surface area contributed by atoms with Crippen LogP contribution in [0.1, 0.15) is 12.8 Å². The third kappa shape index (κ3) is 2.78. The molecule has 0 spiro atoms. The second kappa shape index (κ2) is 4.75. The molecule has 2 nitrogen and oxygen atoms in total. The van der Waals surface area contributed by atoms with Gasteiger partial charge in [-0.05, 0) is 36.8 Å². The molecule has 82 valence electrons. The molecule has 1 aliphatic rings. The van der Waals surface area contributed by atoms with E-state index < -0.39 is 0 Å². The van der Waals surface area contributed by atoms with Crippen LogP contribution in [0.3, 0.4) is 0 Å². The van der Waals surface area contributed by atoms with E-state index in [1.165, 1.54) is 24.7 Å². The molecular formula is C11H15FN2S. The number of hydrogen-bond acceptors (Lipinski definition) is 3. The number of nitrogens with one attached hydrogen (secondary N) is 1. The number of nitrogens with two attached hydrogens (primary N) is 1. The highest BCUT2D eigenvalue weighted by Crippen LogP contribution is 2.26. The molecule has 15 heavy (non-hydrogen) atoms. The van der Waals surface area contributed by atoms with Crippen LogP contribution in [0, 0.1) is 5.82 Å². The molecule has 1 heterocycles. The molecule has 0 aromatic heterocycles. The van der Waals surface area contributed by atoms with Gasteiger partial charge in [0.15, 0.2) is 0 Å². The average Bonchev–Trinajstić information content (AvgIpc) is 2.69. The molecule has 2 rings (SSSR count). The number of hydrogen-bond donors (Lipinski definition) is 2. The van der Waals surface area contributed by atoms with Crippen molar-refractivity contribution in [2.45, 2.75) is 18.1 Å². The number of rotatable bonds is 3. The molecule has 1 unspecified atom stereocenters. The molecule has 1 aromatic rings. The standard InChI is InChI=1S/C11H15FN2S/c12-10-6-8(13)3-4-11(10)14-7-9-2-1-5-15-9/h3-4,6,9,14H,1-2,5,7,13H2. The summed E-state index contributed by atoms with van der Waals surface area (Å²) >= 11 is 1.96. The zero-order valence-corrected chi connectivity index (χ0v) is 9.32. The Kier molecular flexibility index (Phi) is 3.36. The van der Waals surface area contributed by atoms with Crippen LogP contribution in [-0.2, 0) is 0 Å². The molecular weight excluding hydrogens is 211 g/mol. The normalized spacial score (nSPS) is 20.5. The van der Waals surface area contributed by atoms with Gasteiger partial charge in [-0.2, -0.15) is 11.8 Å². The average molecular weight is 226 g/mol. The first kappa shape index (κ1) is 10.6. The topological polar surface area (TPSA) is 38.0 Å². The van der Waals surface area contributed by atoms with Crippen molar-refractivity contribution in [2.24, 2.45) is 0 Å². The van der Waals surface area contributed by atoms with Crippen LogP contribution in [0.4, 0.5) is 15.8 Å². The van der Waals surface area contributed by atoms with Crippen molar-refractivity contribution < 1.29 is 4.39 Å². The van der Waals surface area contributed by atoms with Crippen molar-refractivity contribution in [3.05, 3.63) is 24.0 Å². The van der Waals surface area contributed by atoms with Crippen molar-refractivity contribution in [3.8, 4) is 0 Å². The van der Waals surface area contributed by atoms with E-state index in [4.69, 9.17) is 5.73 Å². The first-order chi connectivity index (χ1) is 7.25. The van der Waals surface area contributed by atoms with Crippen LogP contribution >= 0.6 is 11.8 Å². The lowest BCUT2D eigenvalue weighted by Crippen LogP contribution is -2.14. The van der Waals surface area contributed by atoms with E-state index in [0.29, 0.717) is 16.6 Å². The lowest BCUT2D eigenvalue weighted by atomic mass is 10.2. The molecule has 0 saturated carbocycles. The minimum atomic E-state index is -0.266. The van der Waals surface area contributed by atoms with E-state index in [2.05, 4.69) is 5.32 Å². The van der Waals surface area contributed by atoms with Gasteiger partial charge in [-0.1, -0.05) is 0 Å². The zero-order valence-electron chi connectivity index (χ0n) is 8.50. The Bertz CT molecular complexity index is 337. The SMILES string of the molecule is Nc1ccc(NCC2CCCS2)c(F)c1. The van der Waals surface area contributed by atoms with Gasteiger partial charge in [0.2, 0.25) is 0 Å². The van der Waals surface area contributed by atoms with Crippen molar-refractivity contribution in [1.82, 2.24) is 0 Å². The summed E-state index contributed by atoms with van der Waals surface area (Å²) in [4.78, 5) is 0. The Labute approximate surface area is 93.4 Å². The molecule has 0 aliphatic carbocycles. The van der Waals surface area contributed by atoms with Crippen molar-refractivity contribution in [1.29, 1.82) is 0 Å². The van der Waals surface area contributed by atoms with Crippen LogP contribution < -0.4 is 11.1 Å². The van der Waals surface area contributed by atoms with Gasteiger partial charge < -0.3 is 11.1 Å². The summed E-state index contributed by atoms with van der Waals surface area (Å²) in [7, 11) is 0. The van der Waals surface area contributed by atoms with Gasteiger partial charge in [0.1, 0.15) is 5.82 Å². The third-order valence-corrected chi connectivity index (χ3v) is 3.94. The largest absolute Gasteiger partial charge is 0.399 e. The number of halogens is 1. The lowest BCUT2D eigenvalue weighted by Gasteiger charge is -2.12. The van der Waals surface area contributed by atoms with Gasteiger partial charge in [-0.3, -0.25) is 0 Å². The first-order valence-electron chi connectivity index (χ1n) is 5.16. The third-order valence-electron chi connectivity index (χ3n) is 2.54. The second-order valence-electron chi connectivity index (χ2n) is 3.76. The van der Waals surface area contributed by atoms with Crippen molar-refractivity contribution in [2.75, 3.05) is 23.3 Å². The highest BCUT2D eigenvalue weighted by Gasteiger charge is 2.15. The van der Waals surface area contributed by atoms with Gasteiger partial charge in [0.05, 0.1) is 5.69 Å². The van der Waals surface area contributed by atoms with E-state index in [1.54, 1.807) is 12.1 Å². The highest BCUT2D eigenvalue weighted by atomic mass is 32.2. The fraction of sp³-hybridized carbons (Fsp3) is 0.455. The maximum Gasteiger partial charge on any atom is 0.148 e. The molecule has 1 aromatic carbocycles. The number of anilines is 2. The predicted molar refractivity (Wildman–Crippen MR) is 64.8 cm³/mol. The van der Waals surface area contributed by atoms with Gasteiger partial charge in [-0.25, -0.2) is 4.39 Å². The monoisotopic (exact) mass is 226 g/mol. The molecule has 1 saturated heterocycles. The molecule has 0 amide bonds. The maximum absolute atomic E-state index is 13.4. The zero-order chi connectivity index (χ0) is 10.7. The van der Waals surface area contributed by atoms with E-state index in [-0.39, 0.29) is 5.82 Å². The lowest BCUT2D eigenvalue weighted by molar-refractivity contribution is 0.630. The quantitative estimate of drug-likeness (QED) is 0.778. The Hall–Kier alpha value is -0.900. The Balaban J connectivity index is 1.92. The fourth-order valence-electron chi connectivity index (χ4n) is 1.70. The molecule has 0 bridgehead atoms. The Morgan fingerprint density at radius 2 is 2.40 bits per heavy atom. The molecule has 0 radical (unpaired) electrons. The minimum absolute atomic E-state index is 0.266. The van der Waals surface area contributed by atoms with Gasteiger partial charge in [0.25, 0.3) is 0 Å². The fourth-order valence-corrected chi connectivity index (χ4v) is 2.91. The van der Waals surface area contributed by atoms with Gasteiger partial charge >= 0.3 is 0 Å². The number of nitrogen functional groups attached to an aromatic ring is 1. The van der Waals surface area contributed by atoms with Crippen LogP contribution in [0.5, 0.6) is 0 Å². The van der Waals surface area contributed by atoms with Gasteiger partial charge in [0, 0.05) is 17.5 Å². The highest BCUT2D eigenvalue weighted by molar-refractivity contribution is 8.00. The number of benzene rings is 1. The summed E-state index contributed by atoms with van der Waals surface area (Å²) in [6.45, 7) is 0.839. The predicted octanol–water partition coefficient (Wildman–Crippen LogP) is 2.72. The van der Waals surface area contributed by atoms with E-state index >= 15 is 0 Å². The van der Waals surface area contributed by atoms with Crippen LogP contribution in [0.25, 0.3) is 0 Å². The molecule has 3 N–H and O–H groups in total. The summed E-state index contributed by atoms with van der Waals surface area (Å²) in [5, 5.41) is 3.76. The van der Waals surface area contributed by atoms with Gasteiger partial charge in [-0.15, -0.1) is 0 Å². The number of thioether (sulfide) groups is 1. The first-order valence-corrected chi connectivity index (χ1v) is 6.21. The van der Waals surface area contributed by atoms with E-state index in [9.17, 15) is 4.39 Å². The Morgan fingerprint density at radius 1 is 1.53 bits per heavy atom. The Morgan fingerprint density at radius 3 is 3.07 bits per heavy atom. The molecule has 1 atom stereocenters. The summed E-state index contributed by atoms with van der Waals surface area (Å²) in [6, 6.07) is 4.77. The van der Waals surface area contributed by atoms with Crippen LogP contribution in [0.2, 0.25) is 0 Å². The smallest absolute Gasteiger partial charge is 0.148 e.